The van der Waals surface area contributed by atoms with E-state index in [1.54, 1.807) is 0 Å². The predicted octanol–water partition coefficient (Wildman–Crippen LogP) is 2.24. The van der Waals surface area contributed by atoms with E-state index >= 15 is 0 Å². The molecule has 0 radical (unpaired) electrons. The number of aliphatic carboxylic acids is 1. The summed E-state index contributed by atoms with van der Waals surface area (Å²) in [4.78, 5) is 21.9. The zero-order chi connectivity index (χ0) is 17.1. The molecule has 1 aromatic heterocycles. The van der Waals surface area contributed by atoms with Gasteiger partial charge in [-0.1, -0.05) is 30.3 Å². The number of rotatable bonds is 6. The highest BCUT2D eigenvalue weighted by Crippen LogP contribution is 2.29. The van der Waals surface area contributed by atoms with Gasteiger partial charge in [-0.3, -0.25) is 10.1 Å². The van der Waals surface area contributed by atoms with Crippen LogP contribution >= 0.6 is 0 Å². The summed E-state index contributed by atoms with van der Waals surface area (Å²) in [5.41, 5.74) is 0.970. The molecule has 0 saturated heterocycles. The number of benzene rings is 2. The molecular formula is C15H12N4O5. The number of nitro groups is 1. The lowest BCUT2D eigenvalue weighted by atomic mass is 10.1. The minimum atomic E-state index is -1.05. The third-order valence-electron chi connectivity index (χ3n) is 3.50. The fourth-order valence-electron chi connectivity index (χ4n) is 2.35. The van der Waals surface area contributed by atoms with E-state index in [2.05, 4.69) is 20.3 Å². The minimum absolute atomic E-state index is 0.0335. The van der Waals surface area contributed by atoms with Crippen LogP contribution in [-0.4, -0.2) is 32.4 Å². The Bertz CT molecular complexity index is 893. The van der Waals surface area contributed by atoms with Crippen LogP contribution in [0.25, 0.3) is 11.0 Å². The monoisotopic (exact) mass is 328 g/mol. The number of anilines is 1. The third-order valence-corrected chi connectivity index (χ3v) is 3.50. The highest BCUT2D eigenvalue weighted by atomic mass is 16.6. The maximum Gasteiger partial charge on any atom is 0.326 e. The topological polar surface area (TPSA) is 131 Å². The molecule has 1 atom stereocenters. The fraction of sp³-hybridized carbons (Fsp3) is 0.133. The maximum atomic E-state index is 11.5. The molecule has 122 valence electrons. The van der Waals surface area contributed by atoms with Crippen molar-refractivity contribution in [2.45, 2.75) is 12.5 Å². The first-order valence-corrected chi connectivity index (χ1v) is 6.99. The standard InChI is InChI=1S/C15H12N4O5/c20-15(21)11(8-9-4-2-1-3-5-9)16-10-6-7-12(19(22)23)14-13(10)17-24-18-14/h1-7,11,16H,8H2,(H,20,21)/t11-/m1/s1. The van der Waals surface area contributed by atoms with Crippen molar-refractivity contribution in [1.29, 1.82) is 0 Å². The molecule has 2 N–H and O–H groups in total. The molecule has 0 fully saturated rings. The molecule has 0 amide bonds. The van der Waals surface area contributed by atoms with Crippen molar-refractivity contribution in [3.63, 3.8) is 0 Å². The first-order chi connectivity index (χ1) is 11.6. The molecule has 24 heavy (non-hydrogen) atoms. The van der Waals surface area contributed by atoms with Crippen LogP contribution in [0.15, 0.2) is 47.1 Å². The second kappa shape index (κ2) is 6.32. The number of non-ortho nitro benzene ring substituents is 1. The van der Waals surface area contributed by atoms with Gasteiger partial charge in [-0.2, -0.15) is 0 Å². The van der Waals surface area contributed by atoms with Crippen LogP contribution in [0.1, 0.15) is 5.56 Å². The number of carboxylic acid groups (broad SMARTS) is 1. The van der Waals surface area contributed by atoms with E-state index < -0.39 is 16.9 Å². The van der Waals surface area contributed by atoms with Crippen LogP contribution in [-0.2, 0) is 11.2 Å². The molecule has 9 nitrogen and oxygen atoms in total. The zero-order valence-electron chi connectivity index (χ0n) is 12.2. The first-order valence-electron chi connectivity index (χ1n) is 6.99. The van der Waals surface area contributed by atoms with Crippen molar-refractivity contribution in [3.05, 3.63) is 58.1 Å². The number of nitrogens with zero attached hydrogens (tertiary/aromatic N) is 3. The van der Waals surface area contributed by atoms with Crippen LogP contribution in [0, 0.1) is 10.1 Å². The van der Waals surface area contributed by atoms with E-state index in [4.69, 9.17) is 0 Å². The molecule has 9 heteroatoms. The van der Waals surface area contributed by atoms with Crippen molar-refractivity contribution >= 4 is 28.4 Å². The fourth-order valence-corrected chi connectivity index (χ4v) is 2.35. The van der Waals surface area contributed by atoms with Gasteiger partial charge in [0.1, 0.15) is 6.04 Å². The van der Waals surface area contributed by atoms with Crippen LogP contribution in [0.3, 0.4) is 0 Å². The molecule has 0 aliphatic rings. The Morgan fingerprint density at radius 3 is 2.58 bits per heavy atom. The van der Waals surface area contributed by atoms with E-state index in [0.717, 1.165) is 5.56 Å². The second-order valence-corrected chi connectivity index (χ2v) is 5.08. The summed E-state index contributed by atoms with van der Waals surface area (Å²) in [6.45, 7) is 0. The number of nitrogens with one attached hydrogen (secondary N) is 1. The molecule has 0 saturated carbocycles. The predicted molar refractivity (Wildman–Crippen MR) is 83.7 cm³/mol. The summed E-state index contributed by atoms with van der Waals surface area (Å²) >= 11 is 0. The van der Waals surface area contributed by atoms with Crippen LogP contribution < -0.4 is 5.32 Å². The average Bonchev–Trinajstić information content (AvgIpc) is 3.04. The zero-order valence-corrected chi connectivity index (χ0v) is 12.2. The third kappa shape index (κ3) is 3.00. The number of nitro benzene ring substituents is 1. The molecular weight excluding hydrogens is 316 g/mol. The van der Waals surface area contributed by atoms with Crippen LogP contribution in [0.2, 0.25) is 0 Å². The van der Waals surface area contributed by atoms with E-state index in [0.29, 0.717) is 5.69 Å². The van der Waals surface area contributed by atoms with Gasteiger partial charge in [-0.25, -0.2) is 9.42 Å². The summed E-state index contributed by atoms with van der Waals surface area (Å²) < 4.78 is 4.56. The van der Waals surface area contributed by atoms with E-state index in [1.165, 1.54) is 12.1 Å². The molecule has 0 aliphatic carbocycles. The summed E-state index contributed by atoms with van der Waals surface area (Å²) in [7, 11) is 0. The largest absolute Gasteiger partial charge is 0.480 e. The Kier molecular flexibility index (Phi) is 4.06. The molecule has 0 unspecified atom stereocenters. The van der Waals surface area contributed by atoms with Gasteiger partial charge in [-0.05, 0) is 21.9 Å². The number of hydrogen-bond acceptors (Lipinski definition) is 7. The van der Waals surface area contributed by atoms with E-state index in [-0.39, 0.29) is 23.1 Å². The molecule has 0 aliphatic heterocycles. The van der Waals surface area contributed by atoms with Crippen molar-refractivity contribution in [2.24, 2.45) is 0 Å². The molecule has 0 spiro atoms. The van der Waals surface area contributed by atoms with Gasteiger partial charge in [0.25, 0.3) is 0 Å². The van der Waals surface area contributed by atoms with Gasteiger partial charge < -0.3 is 10.4 Å². The second-order valence-electron chi connectivity index (χ2n) is 5.08. The van der Waals surface area contributed by atoms with Gasteiger partial charge in [0.05, 0.1) is 10.6 Å². The molecule has 3 rings (SSSR count). The quantitative estimate of drug-likeness (QED) is 0.520. The molecule has 0 bridgehead atoms. The molecule has 1 heterocycles. The van der Waals surface area contributed by atoms with Gasteiger partial charge in [-0.15, -0.1) is 0 Å². The lowest BCUT2D eigenvalue weighted by Gasteiger charge is -2.15. The Balaban J connectivity index is 1.92. The number of hydrogen-bond donors (Lipinski definition) is 2. The Hall–Kier alpha value is -3.49. The summed E-state index contributed by atoms with van der Waals surface area (Å²) in [5.74, 6) is -1.05. The van der Waals surface area contributed by atoms with Crippen molar-refractivity contribution in [3.8, 4) is 0 Å². The van der Waals surface area contributed by atoms with Gasteiger partial charge in [0, 0.05) is 12.5 Å². The van der Waals surface area contributed by atoms with E-state index in [1.807, 2.05) is 30.3 Å². The Morgan fingerprint density at radius 2 is 1.92 bits per heavy atom. The Morgan fingerprint density at radius 1 is 1.21 bits per heavy atom. The minimum Gasteiger partial charge on any atom is -0.480 e. The van der Waals surface area contributed by atoms with Crippen molar-refractivity contribution < 1.29 is 19.5 Å². The average molecular weight is 328 g/mol. The smallest absolute Gasteiger partial charge is 0.326 e. The van der Waals surface area contributed by atoms with Crippen molar-refractivity contribution in [2.75, 3.05) is 5.32 Å². The number of aromatic nitrogens is 2. The van der Waals surface area contributed by atoms with E-state index in [9.17, 15) is 20.0 Å². The highest BCUT2D eigenvalue weighted by molar-refractivity contribution is 5.94. The summed E-state index contributed by atoms with van der Waals surface area (Å²) in [5, 5.41) is 30.4. The molecule has 3 aromatic rings. The Labute approximate surface area is 135 Å². The highest BCUT2D eigenvalue weighted by Gasteiger charge is 2.23. The normalized spacial score (nSPS) is 12.0. The number of carboxylic acids is 1. The van der Waals surface area contributed by atoms with Crippen molar-refractivity contribution in [1.82, 2.24) is 10.3 Å². The SMILES string of the molecule is O=C(O)[C@@H](Cc1ccccc1)Nc1ccc([N+](=O)[O-])c2nonc12. The summed E-state index contributed by atoms with van der Waals surface area (Å²) in [6, 6.07) is 10.8. The molecule has 2 aromatic carbocycles. The van der Waals surface area contributed by atoms with Crippen LogP contribution in [0.5, 0.6) is 0 Å². The van der Waals surface area contributed by atoms with Gasteiger partial charge >= 0.3 is 11.7 Å². The number of carbonyl (C=O) groups is 1. The van der Waals surface area contributed by atoms with Gasteiger partial charge in [0.15, 0.2) is 5.52 Å². The number of fused-ring (bicyclic) bond motifs is 1. The van der Waals surface area contributed by atoms with Gasteiger partial charge in [0.2, 0.25) is 5.52 Å². The lowest BCUT2D eigenvalue weighted by molar-refractivity contribution is -0.383. The first kappa shape index (κ1) is 15.4. The summed E-state index contributed by atoms with van der Waals surface area (Å²) in [6.07, 6.45) is 0.236. The maximum absolute atomic E-state index is 11.5. The van der Waals surface area contributed by atoms with Crippen LogP contribution in [0.4, 0.5) is 11.4 Å². The lowest BCUT2D eigenvalue weighted by Crippen LogP contribution is -2.31.